The minimum absolute atomic E-state index is 0.122. The number of nitrogens with one attached hydrogen (secondary N) is 1. The van der Waals surface area contributed by atoms with E-state index >= 15 is 0 Å². The molecule has 0 spiro atoms. The Morgan fingerprint density at radius 2 is 1.81 bits per heavy atom. The number of non-ortho nitro benzene ring substituents is 1. The highest BCUT2D eigenvalue weighted by atomic mass is 35.5. The van der Waals surface area contributed by atoms with Gasteiger partial charge in [-0.25, -0.2) is 4.79 Å². The lowest BCUT2D eigenvalue weighted by atomic mass is 10.1. The first-order chi connectivity index (χ1) is 12.4. The maximum absolute atomic E-state index is 11.8. The van der Waals surface area contributed by atoms with Crippen LogP contribution in [0.15, 0.2) is 42.5 Å². The van der Waals surface area contributed by atoms with Crippen molar-refractivity contribution in [2.75, 3.05) is 13.2 Å². The van der Waals surface area contributed by atoms with Gasteiger partial charge in [0.15, 0.2) is 6.61 Å². The summed E-state index contributed by atoms with van der Waals surface area (Å²) in [5.41, 5.74) is 0.816. The van der Waals surface area contributed by atoms with Crippen LogP contribution in [0.5, 0.6) is 0 Å². The highest BCUT2D eigenvalue weighted by molar-refractivity contribution is 6.35. The molecule has 0 aliphatic carbocycles. The van der Waals surface area contributed by atoms with Gasteiger partial charge in [-0.15, -0.1) is 0 Å². The zero-order valence-electron chi connectivity index (χ0n) is 13.4. The van der Waals surface area contributed by atoms with E-state index in [4.69, 9.17) is 27.9 Å². The van der Waals surface area contributed by atoms with Crippen LogP contribution >= 0.6 is 23.2 Å². The van der Waals surface area contributed by atoms with E-state index in [-0.39, 0.29) is 11.3 Å². The van der Waals surface area contributed by atoms with Crippen molar-refractivity contribution in [3.63, 3.8) is 0 Å². The molecule has 0 aliphatic heterocycles. The maximum Gasteiger partial charge on any atom is 0.338 e. The smallest absolute Gasteiger partial charge is 0.338 e. The van der Waals surface area contributed by atoms with E-state index < -0.39 is 23.4 Å². The molecule has 1 amide bonds. The van der Waals surface area contributed by atoms with Crippen molar-refractivity contribution in [2.45, 2.75) is 6.42 Å². The van der Waals surface area contributed by atoms with Gasteiger partial charge in [-0.1, -0.05) is 29.3 Å². The lowest BCUT2D eigenvalue weighted by Crippen LogP contribution is -2.30. The van der Waals surface area contributed by atoms with E-state index in [9.17, 15) is 19.7 Å². The molecular weight excluding hydrogens is 383 g/mol. The van der Waals surface area contributed by atoms with Crippen molar-refractivity contribution < 1.29 is 19.2 Å². The van der Waals surface area contributed by atoms with Crippen LogP contribution in [0.4, 0.5) is 5.69 Å². The number of hydrogen-bond acceptors (Lipinski definition) is 5. The zero-order valence-corrected chi connectivity index (χ0v) is 14.9. The molecule has 0 atom stereocenters. The summed E-state index contributed by atoms with van der Waals surface area (Å²) in [5, 5.41) is 14.2. The Bertz CT molecular complexity index is 824. The molecule has 0 radical (unpaired) electrons. The van der Waals surface area contributed by atoms with Gasteiger partial charge in [-0.3, -0.25) is 14.9 Å². The van der Waals surface area contributed by atoms with Crippen LogP contribution in [-0.2, 0) is 16.0 Å². The van der Waals surface area contributed by atoms with E-state index in [1.165, 1.54) is 24.3 Å². The number of rotatable bonds is 7. The summed E-state index contributed by atoms with van der Waals surface area (Å²) in [6.45, 7) is -0.139. The largest absolute Gasteiger partial charge is 0.452 e. The third kappa shape index (κ3) is 5.72. The summed E-state index contributed by atoms with van der Waals surface area (Å²) < 4.78 is 4.87. The first-order valence-electron chi connectivity index (χ1n) is 7.49. The molecule has 0 aliphatic rings. The normalized spacial score (nSPS) is 10.2. The number of amides is 1. The topological polar surface area (TPSA) is 98.5 Å². The first-order valence-corrected chi connectivity index (χ1v) is 8.24. The minimum Gasteiger partial charge on any atom is -0.452 e. The highest BCUT2D eigenvalue weighted by Crippen LogP contribution is 2.21. The molecule has 0 saturated heterocycles. The van der Waals surface area contributed by atoms with Crippen molar-refractivity contribution in [1.82, 2.24) is 5.32 Å². The molecule has 0 fully saturated rings. The second-order valence-electron chi connectivity index (χ2n) is 5.22. The SMILES string of the molecule is O=C(COC(=O)c1ccc([N+](=O)[O-])cc1)NCCc1ccc(Cl)cc1Cl. The van der Waals surface area contributed by atoms with Gasteiger partial charge in [0.2, 0.25) is 0 Å². The van der Waals surface area contributed by atoms with E-state index in [1.54, 1.807) is 18.2 Å². The number of nitro groups is 1. The standard InChI is InChI=1S/C17H14Cl2N2O5/c18-13-4-1-11(15(19)9-13)7-8-20-16(22)10-26-17(23)12-2-5-14(6-3-12)21(24)25/h1-6,9H,7-8,10H2,(H,20,22). The predicted molar refractivity (Wildman–Crippen MR) is 96.6 cm³/mol. The lowest BCUT2D eigenvalue weighted by molar-refractivity contribution is -0.384. The molecule has 9 heteroatoms. The Morgan fingerprint density at radius 3 is 2.42 bits per heavy atom. The number of hydrogen-bond donors (Lipinski definition) is 1. The summed E-state index contributed by atoms with van der Waals surface area (Å²) in [4.78, 5) is 33.5. The Kier molecular flexibility index (Phi) is 6.94. The summed E-state index contributed by atoms with van der Waals surface area (Å²) in [7, 11) is 0. The Morgan fingerprint density at radius 1 is 1.12 bits per heavy atom. The predicted octanol–water partition coefficient (Wildman–Crippen LogP) is 3.42. The van der Waals surface area contributed by atoms with Crippen LogP contribution in [0.3, 0.4) is 0 Å². The third-order valence-electron chi connectivity index (χ3n) is 3.38. The summed E-state index contributed by atoms with van der Waals surface area (Å²) in [5.74, 6) is -1.21. The third-order valence-corrected chi connectivity index (χ3v) is 3.97. The van der Waals surface area contributed by atoms with E-state index in [1.807, 2.05) is 0 Å². The number of ether oxygens (including phenoxy) is 1. The molecule has 0 aromatic heterocycles. The van der Waals surface area contributed by atoms with Gasteiger partial charge in [0.1, 0.15) is 0 Å². The number of nitro benzene ring substituents is 1. The lowest BCUT2D eigenvalue weighted by Gasteiger charge is -2.08. The number of carbonyl (C=O) groups is 2. The second kappa shape index (κ2) is 9.17. The summed E-state index contributed by atoms with van der Waals surface area (Å²) in [6, 6.07) is 10.00. The first kappa shape index (κ1) is 19.7. The molecule has 2 aromatic carbocycles. The van der Waals surface area contributed by atoms with Crippen LogP contribution < -0.4 is 5.32 Å². The Labute approximate surface area is 159 Å². The van der Waals surface area contributed by atoms with Crippen molar-refractivity contribution >= 4 is 40.8 Å². The van der Waals surface area contributed by atoms with Gasteiger partial charge in [-0.2, -0.15) is 0 Å². The fourth-order valence-corrected chi connectivity index (χ4v) is 2.55. The molecule has 1 N–H and O–H groups in total. The molecule has 136 valence electrons. The molecule has 0 unspecified atom stereocenters. The monoisotopic (exact) mass is 396 g/mol. The molecule has 2 aromatic rings. The molecule has 26 heavy (non-hydrogen) atoms. The van der Waals surface area contributed by atoms with Gasteiger partial charge in [-0.05, 0) is 36.2 Å². The Hall–Kier alpha value is -2.64. The fraction of sp³-hybridized carbons (Fsp3) is 0.176. The van der Waals surface area contributed by atoms with Crippen LogP contribution in [0.1, 0.15) is 15.9 Å². The van der Waals surface area contributed by atoms with E-state index in [0.717, 1.165) is 5.56 Å². The molecule has 0 saturated carbocycles. The summed E-state index contributed by atoms with van der Waals surface area (Å²) >= 11 is 11.8. The van der Waals surface area contributed by atoms with Crippen molar-refractivity contribution in [3.8, 4) is 0 Å². The number of nitrogens with zero attached hydrogens (tertiary/aromatic N) is 1. The van der Waals surface area contributed by atoms with Gasteiger partial charge in [0.25, 0.3) is 11.6 Å². The molecule has 7 nitrogen and oxygen atoms in total. The van der Waals surface area contributed by atoms with Crippen LogP contribution in [0, 0.1) is 10.1 Å². The zero-order chi connectivity index (χ0) is 19.1. The quantitative estimate of drug-likeness (QED) is 0.439. The van der Waals surface area contributed by atoms with Crippen LogP contribution in [0.2, 0.25) is 10.0 Å². The molecule has 0 heterocycles. The number of benzene rings is 2. The van der Waals surface area contributed by atoms with Crippen molar-refractivity contribution in [1.29, 1.82) is 0 Å². The maximum atomic E-state index is 11.8. The van der Waals surface area contributed by atoms with Gasteiger partial charge in [0, 0.05) is 28.7 Å². The summed E-state index contributed by atoms with van der Waals surface area (Å²) in [6.07, 6.45) is 0.498. The average Bonchev–Trinajstić information content (AvgIpc) is 2.61. The fourth-order valence-electron chi connectivity index (χ4n) is 2.05. The van der Waals surface area contributed by atoms with Crippen LogP contribution in [0.25, 0.3) is 0 Å². The minimum atomic E-state index is -0.740. The second-order valence-corrected chi connectivity index (χ2v) is 6.06. The molecule has 0 bridgehead atoms. The van der Waals surface area contributed by atoms with Gasteiger partial charge >= 0.3 is 5.97 Å². The van der Waals surface area contributed by atoms with Crippen molar-refractivity contribution in [2.24, 2.45) is 0 Å². The van der Waals surface area contributed by atoms with Crippen molar-refractivity contribution in [3.05, 3.63) is 73.8 Å². The highest BCUT2D eigenvalue weighted by Gasteiger charge is 2.12. The van der Waals surface area contributed by atoms with Gasteiger partial charge < -0.3 is 10.1 Å². The number of esters is 1. The van der Waals surface area contributed by atoms with E-state index in [2.05, 4.69) is 5.32 Å². The number of halogens is 2. The van der Waals surface area contributed by atoms with Crippen LogP contribution in [-0.4, -0.2) is 30.0 Å². The van der Waals surface area contributed by atoms with Gasteiger partial charge in [0.05, 0.1) is 10.5 Å². The van der Waals surface area contributed by atoms with E-state index in [0.29, 0.717) is 23.0 Å². The molecular formula is C17H14Cl2N2O5. The average molecular weight is 397 g/mol. The Balaban J connectivity index is 1.75. The molecule has 2 rings (SSSR count). The number of carbonyl (C=O) groups excluding carboxylic acids is 2.